The molecule has 8 nitrogen and oxygen atoms in total. The van der Waals surface area contributed by atoms with E-state index in [-0.39, 0.29) is 22.5 Å². The molecule has 1 aromatic carbocycles. The Kier molecular flexibility index (Phi) is 7.10. The van der Waals surface area contributed by atoms with Crippen molar-refractivity contribution < 1.29 is 13.6 Å². The lowest BCUT2D eigenvalue weighted by molar-refractivity contribution is 0.102. The second-order valence-electron chi connectivity index (χ2n) is 8.13. The first kappa shape index (κ1) is 23.0. The van der Waals surface area contributed by atoms with Gasteiger partial charge in [0.25, 0.3) is 5.91 Å². The van der Waals surface area contributed by atoms with E-state index < -0.39 is 5.91 Å². The van der Waals surface area contributed by atoms with Gasteiger partial charge >= 0.3 is 0 Å². The van der Waals surface area contributed by atoms with Crippen LogP contribution in [0.5, 0.6) is 0 Å². The van der Waals surface area contributed by atoms with Gasteiger partial charge in [0.2, 0.25) is 5.95 Å². The van der Waals surface area contributed by atoms with Crippen LogP contribution in [0.4, 0.5) is 21.7 Å². The fraction of sp³-hybridized carbons (Fsp3) is 0.348. The molecule has 0 unspecified atom stereocenters. The van der Waals surface area contributed by atoms with Gasteiger partial charge in [0.1, 0.15) is 11.6 Å². The summed E-state index contributed by atoms with van der Waals surface area (Å²) in [4.78, 5) is 25.3. The molecule has 0 bridgehead atoms. The largest absolute Gasteiger partial charge is 0.467 e. The minimum atomic E-state index is -0.553. The molecule has 3 aromatic rings. The summed E-state index contributed by atoms with van der Waals surface area (Å²) in [5, 5.41) is 5.73. The summed E-state index contributed by atoms with van der Waals surface area (Å²) < 4.78 is 20.1. The lowest BCUT2D eigenvalue weighted by Gasteiger charge is -2.36. The first-order valence-electron chi connectivity index (χ1n) is 10.7. The summed E-state index contributed by atoms with van der Waals surface area (Å²) >= 11 is 6.13. The molecule has 33 heavy (non-hydrogen) atoms. The maximum absolute atomic E-state index is 14.8. The zero-order valence-electron chi connectivity index (χ0n) is 18.5. The average Bonchev–Trinajstić information content (AvgIpc) is 3.32. The van der Waals surface area contributed by atoms with Crippen molar-refractivity contribution in [2.45, 2.75) is 25.4 Å². The van der Waals surface area contributed by atoms with Crippen LogP contribution in [0.25, 0.3) is 0 Å². The van der Waals surface area contributed by atoms with E-state index in [0.29, 0.717) is 29.7 Å². The van der Waals surface area contributed by atoms with Crippen LogP contribution < -0.4 is 15.5 Å². The molecule has 3 heterocycles. The molecule has 0 spiro atoms. The van der Waals surface area contributed by atoms with Crippen LogP contribution in [0.3, 0.4) is 0 Å². The Morgan fingerprint density at radius 1 is 1.30 bits per heavy atom. The van der Waals surface area contributed by atoms with Gasteiger partial charge in [-0.25, -0.2) is 14.4 Å². The topological polar surface area (TPSA) is 86.5 Å². The minimum absolute atomic E-state index is 0.0103. The average molecular weight is 473 g/mol. The number of benzene rings is 1. The van der Waals surface area contributed by atoms with Crippen molar-refractivity contribution in [3.63, 3.8) is 0 Å². The summed E-state index contributed by atoms with van der Waals surface area (Å²) in [5.41, 5.74) is 0.850. The molecule has 10 heteroatoms. The standard InChI is InChI=1S/C23H26ClFN6O2/c1-30(2)16-7-9-31(10-8-16)20-6-5-15(12-19(20)25)28-22(32)21-18(24)14-27-23(29-21)26-13-17-4-3-11-33-17/h3-6,11-12,14,16H,7-10,13H2,1-2H3,(H,28,32)(H,26,27,29). The highest BCUT2D eigenvalue weighted by Crippen LogP contribution is 2.27. The highest BCUT2D eigenvalue weighted by molar-refractivity contribution is 6.34. The molecule has 2 aromatic heterocycles. The van der Waals surface area contributed by atoms with E-state index in [1.807, 2.05) is 4.90 Å². The predicted molar refractivity (Wildman–Crippen MR) is 126 cm³/mol. The molecule has 0 saturated carbocycles. The zero-order valence-corrected chi connectivity index (χ0v) is 19.3. The highest BCUT2D eigenvalue weighted by Gasteiger charge is 2.23. The van der Waals surface area contributed by atoms with Gasteiger partial charge in [-0.15, -0.1) is 0 Å². The van der Waals surface area contributed by atoms with Gasteiger partial charge in [-0.1, -0.05) is 11.6 Å². The summed E-state index contributed by atoms with van der Waals surface area (Å²) in [6.45, 7) is 1.93. The van der Waals surface area contributed by atoms with E-state index in [2.05, 4.69) is 39.6 Å². The molecule has 0 aliphatic carbocycles. The Morgan fingerprint density at radius 2 is 2.09 bits per heavy atom. The van der Waals surface area contributed by atoms with Crippen LogP contribution in [0.2, 0.25) is 5.02 Å². The number of halogens is 2. The number of hydrogen-bond acceptors (Lipinski definition) is 7. The lowest BCUT2D eigenvalue weighted by Crippen LogP contribution is -2.42. The van der Waals surface area contributed by atoms with Crippen molar-refractivity contribution in [2.75, 3.05) is 42.7 Å². The molecule has 2 N–H and O–H groups in total. The van der Waals surface area contributed by atoms with Gasteiger partial charge < -0.3 is 24.9 Å². The van der Waals surface area contributed by atoms with Crippen molar-refractivity contribution in [1.82, 2.24) is 14.9 Å². The first-order chi connectivity index (χ1) is 15.9. The maximum atomic E-state index is 14.8. The molecule has 1 saturated heterocycles. The zero-order chi connectivity index (χ0) is 23.4. The molecule has 1 amide bonds. The monoisotopic (exact) mass is 472 g/mol. The van der Waals surface area contributed by atoms with Gasteiger partial charge in [0.05, 0.1) is 29.7 Å². The number of nitrogens with one attached hydrogen (secondary N) is 2. The van der Waals surface area contributed by atoms with Gasteiger partial charge in [-0.3, -0.25) is 4.79 Å². The van der Waals surface area contributed by atoms with Crippen LogP contribution >= 0.6 is 11.6 Å². The third kappa shape index (κ3) is 5.61. The van der Waals surface area contributed by atoms with Gasteiger partial charge in [0, 0.05) is 24.8 Å². The van der Waals surface area contributed by atoms with Crippen LogP contribution in [-0.4, -0.2) is 54.0 Å². The van der Waals surface area contributed by atoms with Crippen molar-refractivity contribution in [3.8, 4) is 0 Å². The van der Waals surface area contributed by atoms with Crippen LogP contribution in [-0.2, 0) is 6.54 Å². The predicted octanol–water partition coefficient (Wildman–Crippen LogP) is 4.26. The van der Waals surface area contributed by atoms with Gasteiger partial charge in [-0.2, -0.15) is 0 Å². The summed E-state index contributed by atoms with van der Waals surface area (Å²) in [5.74, 6) is -0.0160. The number of rotatable bonds is 7. The number of carbonyl (C=O) groups is 1. The SMILES string of the molecule is CN(C)C1CCN(c2ccc(NC(=O)c3nc(NCc4ccco4)ncc3Cl)cc2F)CC1. The Balaban J connectivity index is 1.41. The van der Waals surface area contributed by atoms with Crippen molar-refractivity contribution in [2.24, 2.45) is 0 Å². The summed E-state index contributed by atoms with van der Waals surface area (Å²) in [7, 11) is 4.14. The van der Waals surface area contributed by atoms with Crippen molar-refractivity contribution in [3.05, 3.63) is 65.1 Å². The van der Waals surface area contributed by atoms with Crippen LogP contribution in [0, 0.1) is 5.82 Å². The molecule has 174 valence electrons. The smallest absolute Gasteiger partial charge is 0.276 e. The number of carbonyl (C=O) groups excluding carboxylic acids is 1. The Hall–Kier alpha value is -3.17. The fourth-order valence-electron chi connectivity index (χ4n) is 3.85. The number of aromatic nitrogens is 2. The van der Waals surface area contributed by atoms with E-state index in [9.17, 15) is 9.18 Å². The van der Waals surface area contributed by atoms with Crippen LogP contribution in [0.1, 0.15) is 29.1 Å². The van der Waals surface area contributed by atoms with E-state index >= 15 is 0 Å². The highest BCUT2D eigenvalue weighted by atomic mass is 35.5. The molecular formula is C23H26ClFN6O2. The van der Waals surface area contributed by atoms with E-state index in [4.69, 9.17) is 16.0 Å². The Morgan fingerprint density at radius 3 is 2.76 bits per heavy atom. The summed E-state index contributed by atoms with van der Waals surface area (Å²) in [6, 6.07) is 8.78. The van der Waals surface area contributed by atoms with Crippen molar-refractivity contribution in [1.29, 1.82) is 0 Å². The third-order valence-electron chi connectivity index (χ3n) is 5.70. The lowest BCUT2D eigenvalue weighted by atomic mass is 10.0. The quantitative estimate of drug-likeness (QED) is 0.531. The third-order valence-corrected chi connectivity index (χ3v) is 5.98. The number of amides is 1. The van der Waals surface area contributed by atoms with E-state index in [0.717, 1.165) is 25.9 Å². The fourth-order valence-corrected chi connectivity index (χ4v) is 4.02. The van der Waals surface area contributed by atoms with E-state index in [1.165, 1.54) is 12.3 Å². The second-order valence-corrected chi connectivity index (χ2v) is 8.53. The molecule has 1 fully saturated rings. The number of hydrogen-bond donors (Lipinski definition) is 2. The Bertz CT molecular complexity index is 1100. The maximum Gasteiger partial charge on any atom is 0.276 e. The van der Waals surface area contributed by atoms with E-state index in [1.54, 1.807) is 30.5 Å². The number of piperidine rings is 1. The summed E-state index contributed by atoms with van der Waals surface area (Å²) in [6.07, 6.45) is 4.87. The molecule has 4 rings (SSSR count). The van der Waals surface area contributed by atoms with Gasteiger partial charge in [-0.05, 0) is 57.3 Å². The molecule has 1 aliphatic rings. The van der Waals surface area contributed by atoms with Crippen molar-refractivity contribution >= 4 is 34.8 Å². The van der Waals surface area contributed by atoms with Crippen LogP contribution in [0.15, 0.2) is 47.2 Å². The minimum Gasteiger partial charge on any atom is -0.467 e. The number of furan rings is 1. The molecule has 0 atom stereocenters. The number of nitrogens with zero attached hydrogens (tertiary/aromatic N) is 4. The molecule has 1 aliphatic heterocycles. The first-order valence-corrected chi connectivity index (χ1v) is 11.1. The number of anilines is 3. The molecule has 0 radical (unpaired) electrons. The molecular weight excluding hydrogens is 447 g/mol. The second kappa shape index (κ2) is 10.2. The normalized spacial score (nSPS) is 14.5. The van der Waals surface area contributed by atoms with Gasteiger partial charge in [0.15, 0.2) is 5.69 Å². The Labute approximate surface area is 196 Å².